The lowest BCUT2D eigenvalue weighted by Gasteiger charge is -2.31. The van der Waals surface area contributed by atoms with Crippen LogP contribution in [0.2, 0.25) is 0 Å². The molecule has 0 aromatic heterocycles. The molecule has 1 aliphatic heterocycles. The third kappa shape index (κ3) is 3.62. The number of nitrogens with one attached hydrogen (secondary N) is 2. The highest BCUT2D eigenvalue weighted by Crippen LogP contribution is 2.22. The molecule has 0 saturated carbocycles. The SMILES string of the molecule is CC(CC1CCCCN1)NC1CCc2ccccc2C1. The van der Waals surface area contributed by atoms with E-state index in [0.29, 0.717) is 12.1 Å². The van der Waals surface area contributed by atoms with Gasteiger partial charge in [-0.05, 0) is 63.1 Å². The maximum absolute atomic E-state index is 3.87. The van der Waals surface area contributed by atoms with Crippen molar-refractivity contribution >= 4 is 0 Å². The molecule has 2 nitrogen and oxygen atoms in total. The second-order valence-corrected chi connectivity index (χ2v) is 6.66. The summed E-state index contributed by atoms with van der Waals surface area (Å²) in [5, 5.41) is 7.53. The summed E-state index contributed by atoms with van der Waals surface area (Å²) >= 11 is 0. The van der Waals surface area contributed by atoms with Gasteiger partial charge in [0.1, 0.15) is 0 Å². The molecule has 3 rings (SSSR count). The van der Waals surface area contributed by atoms with Crippen molar-refractivity contribution in [2.75, 3.05) is 6.54 Å². The molecule has 1 saturated heterocycles. The van der Waals surface area contributed by atoms with E-state index in [1.54, 1.807) is 11.1 Å². The largest absolute Gasteiger partial charge is 0.314 e. The quantitative estimate of drug-likeness (QED) is 0.880. The summed E-state index contributed by atoms with van der Waals surface area (Å²) in [7, 11) is 0. The monoisotopic (exact) mass is 272 g/mol. The molecule has 20 heavy (non-hydrogen) atoms. The summed E-state index contributed by atoms with van der Waals surface area (Å²) in [4.78, 5) is 0. The van der Waals surface area contributed by atoms with Crippen LogP contribution < -0.4 is 10.6 Å². The van der Waals surface area contributed by atoms with Gasteiger partial charge < -0.3 is 10.6 Å². The van der Waals surface area contributed by atoms with E-state index < -0.39 is 0 Å². The van der Waals surface area contributed by atoms with Crippen LogP contribution in [0.15, 0.2) is 24.3 Å². The lowest BCUT2D eigenvalue weighted by atomic mass is 9.87. The summed E-state index contributed by atoms with van der Waals surface area (Å²) in [6, 6.07) is 11.0. The van der Waals surface area contributed by atoms with Gasteiger partial charge in [-0.25, -0.2) is 0 Å². The van der Waals surface area contributed by atoms with Gasteiger partial charge in [0.15, 0.2) is 0 Å². The van der Waals surface area contributed by atoms with Crippen LogP contribution in [0.4, 0.5) is 0 Å². The van der Waals surface area contributed by atoms with E-state index in [1.165, 1.54) is 51.5 Å². The Balaban J connectivity index is 1.48. The van der Waals surface area contributed by atoms with Crippen LogP contribution in [0.25, 0.3) is 0 Å². The summed E-state index contributed by atoms with van der Waals surface area (Å²) in [5.41, 5.74) is 3.12. The Morgan fingerprint density at radius 2 is 2.05 bits per heavy atom. The molecule has 2 N–H and O–H groups in total. The van der Waals surface area contributed by atoms with Gasteiger partial charge in [-0.3, -0.25) is 0 Å². The number of fused-ring (bicyclic) bond motifs is 1. The number of rotatable bonds is 4. The van der Waals surface area contributed by atoms with Crippen LogP contribution in [0.5, 0.6) is 0 Å². The molecule has 1 aromatic carbocycles. The fourth-order valence-electron chi connectivity index (χ4n) is 3.86. The Kier molecular flexibility index (Phi) is 4.74. The van der Waals surface area contributed by atoms with Gasteiger partial charge in [0.2, 0.25) is 0 Å². The van der Waals surface area contributed by atoms with E-state index in [1.807, 2.05) is 0 Å². The topological polar surface area (TPSA) is 24.1 Å². The summed E-state index contributed by atoms with van der Waals surface area (Å²) in [6.07, 6.45) is 9.14. The highest BCUT2D eigenvalue weighted by atomic mass is 15.0. The number of benzene rings is 1. The minimum Gasteiger partial charge on any atom is -0.314 e. The second kappa shape index (κ2) is 6.73. The predicted molar refractivity (Wildman–Crippen MR) is 85.1 cm³/mol. The van der Waals surface area contributed by atoms with Crippen molar-refractivity contribution in [1.29, 1.82) is 0 Å². The van der Waals surface area contributed by atoms with Crippen molar-refractivity contribution in [2.24, 2.45) is 0 Å². The van der Waals surface area contributed by atoms with Crippen molar-refractivity contribution in [2.45, 2.75) is 70.0 Å². The van der Waals surface area contributed by atoms with Crippen molar-refractivity contribution < 1.29 is 0 Å². The Labute approximate surface area is 123 Å². The fourth-order valence-corrected chi connectivity index (χ4v) is 3.86. The zero-order chi connectivity index (χ0) is 13.8. The molecule has 0 bridgehead atoms. The van der Waals surface area contributed by atoms with E-state index in [4.69, 9.17) is 0 Å². The number of hydrogen-bond acceptors (Lipinski definition) is 2. The first-order valence-electron chi connectivity index (χ1n) is 8.37. The van der Waals surface area contributed by atoms with E-state index in [9.17, 15) is 0 Å². The third-order valence-corrected chi connectivity index (χ3v) is 4.92. The van der Waals surface area contributed by atoms with Crippen LogP contribution in [0, 0.1) is 0 Å². The number of piperidine rings is 1. The standard InChI is InChI=1S/C18H28N2/c1-14(12-17-8-4-5-11-19-17)20-18-10-9-15-6-2-3-7-16(15)13-18/h2-3,6-7,14,17-20H,4-5,8-13H2,1H3. The molecule has 3 atom stereocenters. The summed E-state index contributed by atoms with van der Waals surface area (Å²) < 4.78 is 0. The Morgan fingerprint density at radius 3 is 2.85 bits per heavy atom. The van der Waals surface area contributed by atoms with Crippen molar-refractivity contribution in [3.8, 4) is 0 Å². The summed E-state index contributed by atoms with van der Waals surface area (Å²) in [5.74, 6) is 0. The normalized spacial score (nSPS) is 27.9. The zero-order valence-corrected chi connectivity index (χ0v) is 12.7. The van der Waals surface area contributed by atoms with Gasteiger partial charge in [0, 0.05) is 18.1 Å². The lowest BCUT2D eigenvalue weighted by molar-refractivity contribution is 0.320. The molecule has 0 amide bonds. The first-order valence-corrected chi connectivity index (χ1v) is 8.37. The fraction of sp³-hybridized carbons (Fsp3) is 0.667. The van der Waals surface area contributed by atoms with Gasteiger partial charge in [-0.15, -0.1) is 0 Å². The van der Waals surface area contributed by atoms with Gasteiger partial charge in [0.25, 0.3) is 0 Å². The smallest absolute Gasteiger partial charge is 0.0113 e. The minimum absolute atomic E-state index is 0.626. The molecule has 1 aromatic rings. The number of aryl methyl sites for hydroxylation is 1. The Morgan fingerprint density at radius 1 is 1.20 bits per heavy atom. The van der Waals surface area contributed by atoms with Gasteiger partial charge in [-0.2, -0.15) is 0 Å². The third-order valence-electron chi connectivity index (χ3n) is 4.92. The van der Waals surface area contributed by atoms with Crippen LogP contribution in [-0.4, -0.2) is 24.7 Å². The highest BCUT2D eigenvalue weighted by molar-refractivity contribution is 5.30. The first-order chi connectivity index (χ1) is 9.81. The molecule has 1 heterocycles. The van der Waals surface area contributed by atoms with Gasteiger partial charge >= 0.3 is 0 Å². The van der Waals surface area contributed by atoms with Gasteiger partial charge in [0.05, 0.1) is 0 Å². The molecule has 1 fully saturated rings. The Hall–Kier alpha value is -0.860. The molecule has 0 radical (unpaired) electrons. The van der Waals surface area contributed by atoms with Crippen molar-refractivity contribution in [1.82, 2.24) is 10.6 Å². The van der Waals surface area contributed by atoms with E-state index in [0.717, 1.165) is 6.04 Å². The average molecular weight is 272 g/mol. The van der Waals surface area contributed by atoms with Gasteiger partial charge in [-0.1, -0.05) is 30.7 Å². The van der Waals surface area contributed by atoms with Crippen LogP contribution in [0.1, 0.15) is 50.2 Å². The molecule has 2 heteroatoms. The van der Waals surface area contributed by atoms with Crippen LogP contribution in [0.3, 0.4) is 0 Å². The predicted octanol–water partition coefficient (Wildman–Crippen LogP) is 3.05. The van der Waals surface area contributed by atoms with Crippen LogP contribution >= 0.6 is 0 Å². The molecule has 110 valence electrons. The van der Waals surface area contributed by atoms with E-state index in [-0.39, 0.29) is 0 Å². The molecule has 1 aliphatic carbocycles. The van der Waals surface area contributed by atoms with E-state index >= 15 is 0 Å². The second-order valence-electron chi connectivity index (χ2n) is 6.66. The zero-order valence-electron chi connectivity index (χ0n) is 12.7. The highest BCUT2D eigenvalue weighted by Gasteiger charge is 2.21. The lowest BCUT2D eigenvalue weighted by Crippen LogP contribution is -2.44. The molecule has 2 aliphatic rings. The van der Waals surface area contributed by atoms with E-state index in [2.05, 4.69) is 41.8 Å². The van der Waals surface area contributed by atoms with Crippen molar-refractivity contribution in [3.05, 3.63) is 35.4 Å². The Bertz CT molecular complexity index is 423. The average Bonchev–Trinajstić information content (AvgIpc) is 2.48. The molecular formula is C18H28N2. The maximum atomic E-state index is 3.87. The summed E-state index contributed by atoms with van der Waals surface area (Å²) in [6.45, 7) is 3.57. The molecule has 3 unspecified atom stereocenters. The first kappa shape index (κ1) is 14.1. The minimum atomic E-state index is 0.626. The molecule has 0 spiro atoms. The number of hydrogen-bond donors (Lipinski definition) is 2. The van der Waals surface area contributed by atoms with Crippen molar-refractivity contribution in [3.63, 3.8) is 0 Å². The van der Waals surface area contributed by atoms with Crippen LogP contribution in [-0.2, 0) is 12.8 Å². The molecular weight excluding hydrogens is 244 g/mol. The maximum Gasteiger partial charge on any atom is 0.0113 e.